The fraction of sp³-hybridized carbons (Fsp3) is 0.429. The first-order valence-corrected chi connectivity index (χ1v) is 9.16. The van der Waals surface area contributed by atoms with Gasteiger partial charge in [-0.2, -0.15) is 0 Å². The van der Waals surface area contributed by atoms with Crippen molar-refractivity contribution in [2.75, 3.05) is 6.61 Å². The lowest BCUT2D eigenvalue weighted by atomic mass is 9.77. The molecule has 0 radical (unpaired) electrons. The minimum atomic E-state index is -0.213. The van der Waals surface area contributed by atoms with Crippen molar-refractivity contribution in [3.8, 4) is 0 Å². The molecule has 2 bridgehead atoms. The van der Waals surface area contributed by atoms with Gasteiger partial charge in [0, 0.05) is 18.3 Å². The van der Waals surface area contributed by atoms with Crippen LogP contribution in [0.15, 0.2) is 61.0 Å². The molecular weight excluding hydrogens is 312 g/mol. The lowest BCUT2D eigenvalue weighted by Crippen LogP contribution is -2.50. The van der Waals surface area contributed by atoms with E-state index in [0.717, 1.165) is 18.4 Å². The molecule has 2 aliphatic heterocycles. The molecule has 0 aromatic carbocycles. The Hall–Kier alpha value is -2.36. The molecule has 25 heavy (non-hydrogen) atoms. The van der Waals surface area contributed by atoms with E-state index in [4.69, 9.17) is 4.74 Å². The highest BCUT2D eigenvalue weighted by Gasteiger charge is 2.42. The number of aromatic nitrogens is 1. The van der Waals surface area contributed by atoms with Gasteiger partial charge < -0.3 is 4.74 Å². The summed E-state index contributed by atoms with van der Waals surface area (Å²) in [6.07, 6.45) is 20.9. The van der Waals surface area contributed by atoms with Gasteiger partial charge >= 0.3 is 6.09 Å². The molecule has 0 N–H and O–H groups in total. The van der Waals surface area contributed by atoms with E-state index in [2.05, 4.69) is 41.4 Å². The highest BCUT2D eigenvalue weighted by molar-refractivity contribution is 5.70. The van der Waals surface area contributed by atoms with E-state index in [1.165, 1.54) is 12.8 Å². The number of carbonyl (C=O) groups is 1. The third-order valence-corrected chi connectivity index (χ3v) is 4.83. The van der Waals surface area contributed by atoms with Crippen LogP contribution in [0.5, 0.6) is 0 Å². The molecule has 3 atom stereocenters. The Morgan fingerprint density at radius 3 is 2.56 bits per heavy atom. The van der Waals surface area contributed by atoms with E-state index in [9.17, 15) is 4.79 Å². The van der Waals surface area contributed by atoms with Crippen LogP contribution in [0.4, 0.5) is 4.79 Å². The van der Waals surface area contributed by atoms with Crippen molar-refractivity contribution in [2.45, 2.75) is 44.7 Å². The summed E-state index contributed by atoms with van der Waals surface area (Å²) in [5.41, 5.74) is 1.09. The molecule has 3 heterocycles. The third kappa shape index (κ3) is 4.19. The van der Waals surface area contributed by atoms with Crippen molar-refractivity contribution >= 4 is 6.09 Å². The van der Waals surface area contributed by atoms with E-state index >= 15 is 0 Å². The molecule has 4 heteroatoms. The summed E-state index contributed by atoms with van der Waals surface area (Å²) >= 11 is 0. The van der Waals surface area contributed by atoms with Gasteiger partial charge in [-0.05, 0) is 44.2 Å². The summed E-state index contributed by atoms with van der Waals surface area (Å²) in [5, 5.41) is 0. The van der Waals surface area contributed by atoms with Crippen molar-refractivity contribution in [2.24, 2.45) is 5.92 Å². The van der Waals surface area contributed by atoms with Crippen LogP contribution in [0.2, 0.25) is 0 Å². The summed E-state index contributed by atoms with van der Waals surface area (Å²) in [6, 6.07) is 4.19. The van der Waals surface area contributed by atoms with Gasteiger partial charge in [-0.3, -0.25) is 9.88 Å². The fourth-order valence-electron chi connectivity index (χ4n) is 3.68. The molecule has 3 unspecified atom stereocenters. The van der Waals surface area contributed by atoms with Crippen LogP contribution in [-0.4, -0.2) is 28.6 Å². The van der Waals surface area contributed by atoms with Gasteiger partial charge in [-0.15, -0.1) is 0 Å². The number of rotatable bonds is 2. The van der Waals surface area contributed by atoms with Crippen molar-refractivity contribution in [3.05, 3.63) is 66.5 Å². The lowest BCUT2D eigenvalue weighted by Gasteiger charge is -2.47. The van der Waals surface area contributed by atoms with Crippen molar-refractivity contribution in [1.29, 1.82) is 0 Å². The number of pyridine rings is 1. The average Bonchev–Trinajstić information content (AvgIpc) is 2.71. The van der Waals surface area contributed by atoms with Gasteiger partial charge in [-0.1, -0.05) is 42.5 Å². The van der Waals surface area contributed by atoms with Gasteiger partial charge in [0.05, 0.1) is 18.7 Å². The number of amides is 1. The van der Waals surface area contributed by atoms with Gasteiger partial charge in [0.25, 0.3) is 0 Å². The second-order valence-corrected chi connectivity index (χ2v) is 6.46. The predicted molar refractivity (Wildman–Crippen MR) is 99.0 cm³/mol. The second-order valence-electron chi connectivity index (χ2n) is 6.46. The molecule has 1 fully saturated rings. The van der Waals surface area contributed by atoms with Crippen molar-refractivity contribution in [1.82, 2.24) is 9.88 Å². The van der Waals surface area contributed by atoms with Crippen LogP contribution in [0.1, 0.15) is 44.2 Å². The Labute approximate surface area is 149 Å². The summed E-state index contributed by atoms with van der Waals surface area (Å²) in [6.45, 7) is 2.26. The number of nitrogens with zero attached hydrogens (tertiary/aromatic N) is 2. The fourth-order valence-corrected chi connectivity index (χ4v) is 3.68. The largest absolute Gasteiger partial charge is 0.450 e. The first-order valence-electron chi connectivity index (χ1n) is 9.16. The van der Waals surface area contributed by atoms with Crippen molar-refractivity contribution in [3.63, 3.8) is 0 Å². The first-order chi connectivity index (χ1) is 12.3. The molecule has 2 aliphatic carbocycles. The van der Waals surface area contributed by atoms with E-state index in [0.29, 0.717) is 12.5 Å². The zero-order valence-corrected chi connectivity index (χ0v) is 14.8. The topological polar surface area (TPSA) is 42.4 Å². The first kappa shape index (κ1) is 17.5. The molecule has 0 saturated carbocycles. The Morgan fingerprint density at radius 1 is 1.24 bits per heavy atom. The zero-order valence-electron chi connectivity index (χ0n) is 14.8. The van der Waals surface area contributed by atoms with E-state index in [1.807, 2.05) is 30.2 Å². The highest BCUT2D eigenvalue weighted by atomic mass is 16.6. The molecule has 1 amide bonds. The standard InChI is InChI=1S/C15H18N2O2.C6H8/c1-2-19-15(18)17-13-7-5-11(6-8-13)14(17)12-4-3-9-16-10-12;1-2-4-6-5-3-1/h3-5,7,9-11,13-14H,2,6,8H2,1H3;1-4H,5-6H2. The molecule has 1 aromatic rings. The maximum atomic E-state index is 12.2. The normalized spacial score (nSPS) is 26.1. The molecule has 1 saturated heterocycles. The summed E-state index contributed by atoms with van der Waals surface area (Å²) < 4.78 is 5.22. The van der Waals surface area contributed by atoms with Crippen LogP contribution in [-0.2, 0) is 4.74 Å². The number of piperidine rings is 1. The molecule has 4 aliphatic rings. The second kappa shape index (κ2) is 8.65. The minimum Gasteiger partial charge on any atom is -0.450 e. The monoisotopic (exact) mass is 338 g/mol. The number of ether oxygens (including phenoxy) is 1. The van der Waals surface area contributed by atoms with E-state index in [1.54, 1.807) is 6.20 Å². The molecule has 4 nitrogen and oxygen atoms in total. The number of fused-ring (bicyclic) bond motifs is 2. The number of hydrogen-bond donors (Lipinski definition) is 0. The van der Waals surface area contributed by atoms with Crippen LogP contribution >= 0.6 is 0 Å². The molecule has 1 aromatic heterocycles. The van der Waals surface area contributed by atoms with Gasteiger partial charge in [0.1, 0.15) is 0 Å². The van der Waals surface area contributed by atoms with Crippen LogP contribution in [0, 0.1) is 5.92 Å². The third-order valence-electron chi connectivity index (χ3n) is 4.83. The number of carbonyl (C=O) groups excluding carboxylic acids is 1. The van der Waals surface area contributed by atoms with Crippen LogP contribution in [0.3, 0.4) is 0 Å². The zero-order chi connectivity index (χ0) is 17.5. The Bertz CT molecular complexity index is 639. The molecule has 132 valence electrons. The quantitative estimate of drug-likeness (QED) is 0.726. The van der Waals surface area contributed by atoms with Gasteiger partial charge in [-0.25, -0.2) is 4.79 Å². The van der Waals surface area contributed by atoms with Crippen LogP contribution < -0.4 is 0 Å². The molecular formula is C21H26N2O2. The maximum Gasteiger partial charge on any atom is 0.410 e. The van der Waals surface area contributed by atoms with Crippen LogP contribution in [0.25, 0.3) is 0 Å². The molecule has 0 spiro atoms. The lowest BCUT2D eigenvalue weighted by molar-refractivity contribution is 0.0386. The smallest absolute Gasteiger partial charge is 0.410 e. The Kier molecular flexibility index (Phi) is 6.04. The Balaban J connectivity index is 0.000000258. The number of hydrogen-bond acceptors (Lipinski definition) is 3. The minimum absolute atomic E-state index is 0.0662. The van der Waals surface area contributed by atoms with E-state index < -0.39 is 0 Å². The van der Waals surface area contributed by atoms with E-state index in [-0.39, 0.29) is 18.2 Å². The van der Waals surface area contributed by atoms with Gasteiger partial charge in [0.2, 0.25) is 0 Å². The molecule has 5 rings (SSSR count). The Morgan fingerprint density at radius 2 is 2.04 bits per heavy atom. The van der Waals surface area contributed by atoms with Crippen molar-refractivity contribution < 1.29 is 9.53 Å². The highest BCUT2D eigenvalue weighted by Crippen LogP contribution is 2.43. The predicted octanol–water partition coefficient (Wildman–Crippen LogP) is 4.82. The average molecular weight is 338 g/mol. The SMILES string of the molecule is C1=CCCC=C1.CCOC(=O)N1C2C=CC(CC2)C1c1cccnc1. The summed E-state index contributed by atoms with van der Waals surface area (Å²) in [7, 11) is 0. The summed E-state index contributed by atoms with van der Waals surface area (Å²) in [4.78, 5) is 18.3. The van der Waals surface area contributed by atoms with Gasteiger partial charge in [0.15, 0.2) is 0 Å². The maximum absolute atomic E-state index is 12.2. The summed E-state index contributed by atoms with van der Waals surface area (Å²) in [5.74, 6) is 0.374. The number of allylic oxidation sites excluding steroid dienone is 4.